The van der Waals surface area contributed by atoms with Gasteiger partial charge in [0.1, 0.15) is 0 Å². The maximum Gasteiger partial charge on any atom is 0.261 e. The van der Waals surface area contributed by atoms with E-state index in [1.807, 2.05) is 26.8 Å². The average Bonchev–Trinajstić information content (AvgIpc) is 2.56. The molecule has 2 aromatic rings. The standard InChI is InChI=1S/C18H21ClN2O3S/c1-4-9-20-18(22)16-11-15(7-8-17(16)19)25(23,24)21-14-6-5-12(2)13(3)10-14/h5-8,10-11,21H,4,9H2,1-3H3,(H,20,22). The first-order valence-electron chi connectivity index (χ1n) is 7.92. The number of hydrogen-bond acceptors (Lipinski definition) is 3. The Morgan fingerprint density at radius 3 is 2.44 bits per heavy atom. The Bertz CT molecular complexity index is 895. The van der Waals surface area contributed by atoms with E-state index in [-0.39, 0.29) is 15.5 Å². The number of hydrogen-bond donors (Lipinski definition) is 2. The summed E-state index contributed by atoms with van der Waals surface area (Å²) in [6.45, 7) is 6.28. The van der Waals surface area contributed by atoms with E-state index < -0.39 is 15.9 Å². The molecule has 0 radical (unpaired) electrons. The van der Waals surface area contributed by atoms with Crippen LogP contribution >= 0.6 is 11.6 Å². The minimum Gasteiger partial charge on any atom is -0.352 e. The van der Waals surface area contributed by atoms with Gasteiger partial charge in [0.15, 0.2) is 0 Å². The van der Waals surface area contributed by atoms with Crippen LogP contribution in [0.5, 0.6) is 0 Å². The fourth-order valence-electron chi connectivity index (χ4n) is 2.20. The molecule has 25 heavy (non-hydrogen) atoms. The fourth-order valence-corrected chi connectivity index (χ4v) is 3.48. The van der Waals surface area contributed by atoms with Gasteiger partial charge in [0.05, 0.1) is 15.5 Å². The van der Waals surface area contributed by atoms with Crippen molar-refractivity contribution < 1.29 is 13.2 Å². The van der Waals surface area contributed by atoms with Gasteiger partial charge in [-0.25, -0.2) is 8.42 Å². The minimum atomic E-state index is -3.82. The Kier molecular flexibility index (Phi) is 6.08. The molecule has 0 aliphatic rings. The third kappa shape index (κ3) is 4.74. The number of carbonyl (C=O) groups is 1. The number of nitrogens with one attached hydrogen (secondary N) is 2. The molecule has 0 aromatic heterocycles. The van der Waals surface area contributed by atoms with Gasteiger partial charge in [-0.05, 0) is 61.7 Å². The molecular formula is C18H21ClN2O3S. The summed E-state index contributed by atoms with van der Waals surface area (Å²) in [5.41, 5.74) is 2.66. The highest BCUT2D eigenvalue weighted by atomic mass is 35.5. The average molecular weight is 381 g/mol. The van der Waals surface area contributed by atoms with Crippen LogP contribution in [0.2, 0.25) is 5.02 Å². The van der Waals surface area contributed by atoms with Crippen LogP contribution in [0, 0.1) is 13.8 Å². The van der Waals surface area contributed by atoms with Gasteiger partial charge < -0.3 is 5.32 Å². The predicted molar refractivity (Wildman–Crippen MR) is 101 cm³/mol. The van der Waals surface area contributed by atoms with Crippen molar-refractivity contribution in [3.63, 3.8) is 0 Å². The van der Waals surface area contributed by atoms with Gasteiger partial charge in [-0.1, -0.05) is 24.6 Å². The molecular weight excluding hydrogens is 360 g/mol. The molecule has 0 bridgehead atoms. The van der Waals surface area contributed by atoms with E-state index in [1.54, 1.807) is 12.1 Å². The van der Waals surface area contributed by atoms with Crippen molar-refractivity contribution in [1.82, 2.24) is 5.32 Å². The molecule has 2 rings (SSSR count). The van der Waals surface area contributed by atoms with Gasteiger partial charge in [-0.2, -0.15) is 0 Å². The Hall–Kier alpha value is -2.05. The molecule has 0 heterocycles. The summed E-state index contributed by atoms with van der Waals surface area (Å²) in [4.78, 5) is 12.1. The highest BCUT2D eigenvalue weighted by molar-refractivity contribution is 7.92. The van der Waals surface area contributed by atoms with Crippen LogP contribution in [0.25, 0.3) is 0 Å². The number of halogens is 1. The third-order valence-corrected chi connectivity index (χ3v) is 5.50. The van der Waals surface area contributed by atoms with E-state index in [1.165, 1.54) is 18.2 Å². The summed E-state index contributed by atoms with van der Waals surface area (Å²) in [6.07, 6.45) is 0.773. The van der Waals surface area contributed by atoms with E-state index >= 15 is 0 Å². The monoisotopic (exact) mass is 380 g/mol. The van der Waals surface area contributed by atoms with E-state index in [9.17, 15) is 13.2 Å². The lowest BCUT2D eigenvalue weighted by atomic mass is 10.1. The van der Waals surface area contributed by atoms with Crippen molar-refractivity contribution in [2.24, 2.45) is 0 Å². The van der Waals surface area contributed by atoms with E-state index in [0.717, 1.165) is 17.5 Å². The first kappa shape index (κ1) is 19.3. The number of aryl methyl sites for hydroxylation is 2. The second-order valence-electron chi connectivity index (χ2n) is 5.80. The van der Waals surface area contributed by atoms with Gasteiger partial charge in [0.25, 0.3) is 15.9 Å². The maximum absolute atomic E-state index is 12.6. The number of carbonyl (C=O) groups excluding carboxylic acids is 1. The van der Waals surface area contributed by atoms with Crippen LogP contribution in [-0.4, -0.2) is 20.9 Å². The molecule has 2 aromatic carbocycles. The van der Waals surface area contributed by atoms with Gasteiger partial charge in [0.2, 0.25) is 0 Å². The molecule has 0 aliphatic carbocycles. The number of anilines is 1. The molecule has 0 saturated heterocycles. The molecule has 1 amide bonds. The van der Waals surface area contributed by atoms with Crippen molar-refractivity contribution in [1.29, 1.82) is 0 Å². The Labute approximate surface area is 153 Å². The molecule has 0 aliphatic heterocycles. The second kappa shape index (κ2) is 7.89. The third-order valence-electron chi connectivity index (χ3n) is 3.79. The largest absolute Gasteiger partial charge is 0.352 e. The van der Waals surface area contributed by atoms with E-state index in [0.29, 0.717) is 12.2 Å². The number of rotatable bonds is 6. The zero-order valence-corrected chi connectivity index (χ0v) is 16.0. The summed E-state index contributed by atoms with van der Waals surface area (Å²) >= 11 is 6.04. The predicted octanol–water partition coefficient (Wildman–Crippen LogP) is 3.90. The Balaban J connectivity index is 2.32. The summed E-state index contributed by atoms with van der Waals surface area (Å²) in [5, 5.41) is 2.90. The summed E-state index contributed by atoms with van der Waals surface area (Å²) in [6, 6.07) is 9.39. The van der Waals surface area contributed by atoms with Crippen LogP contribution in [0.15, 0.2) is 41.3 Å². The molecule has 2 N–H and O–H groups in total. The molecule has 5 nitrogen and oxygen atoms in total. The molecule has 7 heteroatoms. The zero-order chi connectivity index (χ0) is 18.6. The highest BCUT2D eigenvalue weighted by Crippen LogP contribution is 2.23. The van der Waals surface area contributed by atoms with Gasteiger partial charge in [-0.3, -0.25) is 9.52 Å². The molecule has 0 saturated carbocycles. The maximum atomic E-state index is 12.6. The van der Waals surface area contributed by atoms with Gasteiger partial charge in [-0.15, -0.1) is 0 Å². The van der Waals surface area contributed by atoms with Crippen molar-refractivity contribution in [3.8, 4) is 0 Å². The SMILES string of the molecule is CCCNC(=O)c1cc(S(=O)(=O)Nc2ccc(C)c(C)c2)ccc1Cl. The Morgan fingerprint density at radius 1 is 1.08 bits per heavy atom. The molecule has 0 fully saturated rings. The lowest BCUT2D eigenvalue weighted by Crippen LogP contribution is -2.24. The normalized spacial score (nSPS) is 11.2. The van der Waals surface area contributed by atoms with E-state index in [2.05, 4.69) is 10.0 Å². The summed E-state index contributed by atoms with van der Waals surface area (Å²) in [7, 11) is -3.82. The van der Waals surface area contributed by atoms with Crippen molar-refractivity contribution >= 4 is 33.2 Å². The van der Waals surface area contributed by atoms with Crippen molar-refractivity contribution in [2.45, 2.75) is 32.1 Å². The minimum absolute atomic E-state index is 0.0169. The molecule has 0 spiro atoms. The number of amides is 1. The molecule has 134 valence electrons. The van der Waals surface area contributed by atoms with Crippen LogP contribution in [0.3, 0.4) is 0 Å². The van der Waals surface area contributed by atoms with E-state index in [4.69, 9.17) is 11.6 Å². The first-order valence-corrected chi connectivity index (χ1v) is 9.78. The Morgan fingerprint density at radius 2 is 1.80 bits per heavy atom. The second-order valence-corrected chi connectivity index (χ2v) is 7.89. The van der Waals surface area contributed by atoms with Crippen LogP contribution in [-0.2, 0) is 10.0 Å². The van der Waals surface area contributed by atoms with Gasteiger partial charge in [0, 0.05) is 12.2 Å². The van der Waals surface area contributed by atoms with Crippen LogP contribution in [0.4, 0.5) is 5.69 Å². The number of sulfonamides is 1. The smallest absolute Gasteiger partial charge is 0.261 e. The van der Waals surface area contributed by atoms with Crippen LogP contribution in [0.1, 0.15) is 34.8 Å². The first-order chi connectivity index (χ1) is 11.7. The summed E-state index contributed by atoms with van der Waals surface area (Å²) in [5.74, 6) is -0.393. The molecule has 0 atom stereocenters. The van der Waals surface area contributed by atoms with Crippen molar-refractivity contribution in [3.05, 3.63) is 58.1 Å². The highest BCUT2D eigenvalue weighted by Gasteiger charge is 2.19. The zero-order valence-electron chi connectivity index (χ0n) is 14.4. The topological polar surface area (TPSA) is 75.3 Å². The molecule has 0 unspecified atom stereocenters. The quantitative estimate of drug-likeness (QED) is 0.798. The lowest BCUT2D eigenvalue weighted by molar-refractivity contribution is 0.0953. The van der Waals surface area contributed by atoms with Crippen molar-refractivity contribution in [2.75, 3.05) is 11.3 Å². The van der Waals surface area contributed by atoms with Gasteiger partial charge >= 0.3 is 0 Å². The fraction of sp³-hybridized carbons (Fsp3) is 0.278. The van der Waals surface area contributed by atoms with Crippen LogP contribution < -0.4 is 10.0 Å². The number of benzene rings is 2. The lowest BCUT2D eigenvalue weighted by Gasteiger charge is -2.12. The summed E-state index contributed by atoms with van der Waals surface area (Å²) < 4.78 is 27.8.